The topological polar surface area (TPSA) is 32.7 Å². The molecule has 96 valence electrons. The van der Waals surface area contributed by atoms with Gasteiger partial charge in [0.15, 0.2) is 5.17 Å². The van der Waals surface area contributed by atoms with Crippen molar-refractivity contribution in [3.05, 3.63) is 28.8 Å². The van der Waals surface area contributed by atoms with E-state index in [-0.39, 0.29) is 11.9 Å². The van der Waals surface area contributed by atoms with E-state index < -0.39 is 0 Å². The number of benzene rings is 1. The fourth-order valence-electron chi connectivity index (χ4n) is 1.75. The van der Waals surface area contributed by atoms with Crippen LogP contribution in [0.3, 0.4) is 0 Å². The van der Waals surface area contributed by atoms with Crippen LogP contribution in [0.1, 0.15) is 19.4 Å². The summed E-state index contributed by atoms with van der Waals surface area (Å²) in [5.41, 5.74) is 1.74. The summed E-state index contributed by atoms with van der Waals surface area (Å²) in [5, 5.41) is 1.43. The largest absolute Gasteiger partial charge is 0.273 e. The molecule has 0 bridgehead atoms. The molecule has 1 aromatic carbocycles. The van der Waals surface area contributed by atoms with E-state index in [1.54, 1.807) is 4.90 Å². The third-order valence-corrected chi connectivity index (χ3v) is 3.96. The number of nitrogens with zero attached hydrogens (tertiary/aromatic N) is 2. The zero-order chi connectivity index (χ0) is 13.3. The Morgan fingerprint density at radius 1 is 1.44 bits per heavy atom. The van der Waals surface area contributed by atoms with E-state index in [2.05, 4.69) is 4.99 Å². The first-order valence-corrected chi connectivity index (χ1v) is 7.15. The van der Waals surface area contributed by atoms with Crippen LogP contribution in [0.4, 0.5) is 5.69 Å². The Labute approximate surface area is 116 Å². The lowest BCUT2D eigenvalue weighted by Crippen LogP contribution is -2.30. The highest BCUT2D eigenvalue weighted by atomic mass is 35.5. The lowest BCUT2D eigenvalue weighted by Gasteiger charge is -2.19. The summed E-state index contributed by atoms with van der Waals surface area (Å²) in [4.78, 5) is 18.2. The Hall–Kier alpha value is -1.00. The minimum absolute atomic E-state index is 0.0600. The molecular formula is C13H15ClN2OS. The van der Waals surface area contributed by atoms with E-state index in [1.165, 1.54) is 11.8 Å². The minimum atomic E-state index is 0.0600. The second kappa shape index (κ2) is 5.33. The van der Waals surface area contributed by atoms with Crippen molar-refractivity contribution in [3.63, 3.8) is 0 Å². The standard InChI is InChI=1S/C13H15ClN2OS/c1-8(2)15-13-16(12(17)7-18-13)11-6-4-5-10(14)9(11)3/h4-6,8H,7H2,1-3H3. The highest BCUT2D eigenvalue weighted by molar-refractivity contribution is 8.15. The molecule has 1 aliphatic rings. The van der Waals surface area contributed by atoms with E-state index in [1.807, 2.05) is 39.0 Å². The maximum Gasteiger partial charge on any atom is 0.243 e. The molecule has 0 spiro atoms. The van der Waals surface area contributed by atoms with Crippen molar-refractivity contribution < 1.29 is 4.79 Å². The summed E-state index contributed by atoms with van der Waals surface area (Å²) in [6, 6.07) is 5.75. The fraction of sp³-hybridized carbons (Fsp3) is 0.385. The summed E-state index contributed by atoms with van der Waals surface area (Å²) in [7, 11) is 0. The van der Waals surface area contributed by atoms with E-state index in [4.69, 9.17) is 11.6 Å². The van der Waals surface area contributed by atoms with Gasteiger partial charge < -0.3 is 0 Å². The summed E-state index contributed by atoms with van der Waals surface area (Å²) in [6.07, 6.45) is 0. The van der Waals surface area contributed by atoms with Gasteiger partial charge in [0.1, 0.15) is 0 Å². The third kappa shape index (κ3) is 2.54. The van der Waals surface area contributed by atoms with Crippen LogP contribution < -0.4 is 4.90 Å². The van der Waals surface area contributed by atoms with Crippen molar-refractivity contribution in [1.29, 1.82) is 0 Å². The van der Waals surface area contributed by atoms with E-state index in [9.17, 15) is 4.79 Å². The molecule has 1 aromatic rings. The lowest BCUT2D eigenvalue weighted by atomic mass is 10.2. The maximum atomic E-state index is 12.0. The Bertz CT molecular complexity index is 514. The Kier molecular flexibility index (Phi) is 3.97. The Morgan fingerprint density at radius 2 is 2.17 bits per heavy atom. The molecule has 0 aliphatic carbocycles. The number of carbonyl (C=O) groups excluding carboxylic acids is 1. The Morgan fingerprint density at radius 3 is 2.83 bits per heavy atom. The van der Waals surface area contributed by atoms with Gasteiger partial charge in [0, 0.05) is 11.1 Å². The summed E-state index contributed by atoms with van der Waals surface area (Å²) >= 11 is 7.59. The summed E-state index contributed by atoms with van der Waals surface area (Å²) in [5.74, 6) is 0.502. The molecule has 1 saturated heterocycles. The van der Waals surface area contributed by atoms with Gasteiger partial charge in [-0.15, -0.1) is 0 Å². The zero-order valence-corrected chi connectivity index (χ0v) is 12.2. The van der Waals surface area contributed by atoms with Crippen molar-refractivity contribution in [2.45, 2.75) is 26.8 Å². The molecule has 2 rings (SSSR count). The molecule has 0 unspecified atom stereocenters. The molecule has 0 N–H and O–H groups in total. The van der Waals surface area contributed by atoms with Gasteiger partial charge in [0.25, 0.3) is 0 Å². The van der Waals surface area contributed by atoms with Gasteiger partial charge in [-0.3, -0.25) is 14.7 Å². The number of rotatable bonds is 2. The summed E-state index contributed by atoms with van der Waals surface area (Å²) < 4.78 is 0. The normalized spacial score (nSPS) is 18.2. The smallest absolute Gasteiger partial charge is 0.243 e. The first-order valence-electron chi connectivity index (χ1n) is 5.79. The van der Waals surface area contributed by atoms with Crippen LogP contribution in [0.25, 0.3) is 0 Å². The predicted molar refractivity (Wildman–Crippen MR) is 78.7 cm³/mol. The maximum absolute atomic E-state index is 12.0. The van der Waals surface area contributed by atoms with Crippen molar-refractivity contribution in [3.8, 4) is 0 Å². The highest BCUT2D eigenvalue weighted by Crippen LogP contribution is 2.32. The van der Waals surface area contributed by atoms with Gasteiger partial charge in [-0.2, -0.15) is 0 Å². The van der Waals surface area contributed by atoms with Crippen LogP contribution in [-0.4, -0.2) is 22.9 Å². The Balaban J connectivity index is 2.47. The number of anilines is 1. The number of carbonyl (C=O) groups is 1. The SMILES string of the molecule is Cc1c(Cl)cccc1N1C(=O)CSC1=NC(C)C. The average Bonchev–Trinajstić information content (AvgIpc) is 2.63. The number of aliphatic imine (C=N–C) groups is 1. The van der Waals surface area contributed by atoms with Crippen LogP contribution in [-0.2, 0) is 4.79 Å². The van der Waals surface area contributed by atoms with Gasteiger partial charge in [-0.25, -0.2) is 0 Å². The van der Waals surface area contributed by atoms with Gasteiger partial charge in [-0.05, 0) is 38.5 Å². The number of hydrogen-bond donors (Lipinski definition) is 0. The van der Waals surface area contributed by atoms with E-state index in [0.717, 1.165) is 16.4 Å². The van der Waals surface area contributed by atoms with Crippen LogP contribution >= 0.6 is 23.4 Å². The molecular weight excluding hydrogens is 268 g/mol. The fourth-order valence-corrected chi connectivity index (χ4v) is 2.92. The quantitative estimate of drug-likeness (QED) is 0.832. The van der Waals surface area contributed by atoms with Crippen molar-refractivity contribution in [1.82, 2.24) is 0 Å². The van der Waals surface area contributed by atoms with Crippen molar-refractivity contribution in [2.75, 3.05) is 10.7 Å². The molecule has 1 heterocycles. The number of amides is 1. The van der Waals surface area contributed by atoms with Crippen molar-refractivity contribution in [2.24, 2.45) is 4.99 Å². The van der Waals surface area contributed by atoms with Crippen molar-refractivity contribution >= 4 is 40.1 Å². The first-order chi connectivity index (χ1) is 8.50. The molecule has 0 atom stereocenters. The number of hydrogen-bond acceptors (Lipinski definition) is 3. The highest BCUT2D eigenvalue weighted by Gasteiger charge is 2.30. The molecule has 1 amide bonds. The van der Waals surface area contributed by atoms with Gasteiger partial charge in [0.05, 0.1) is 11.4 Å². The molecule has 18 heavy (non-hydrogen) atoms. The predicted octanol–water partition coefficient (Wildman–Crippen LogP) is 3.49. The number of amidine groups is 1. The van der Waals surface area contributed by atoms with Gasteiger partial charge >= 0.3 is 0 Å². The zero-order valence-electron chi connectivity index (χ0n) is 10.6. The molecule has 0 radical (unpaired) electrons. The second-order valence-corrected chi connectivity index (χ2v) is 5.76. The number of thioether (sulfide) groups is 1. The minimum Gasteiger partial charge on any atom is -0.273 e. The third-order valence-electron chi connectivity index (χ3n) is 2.61. The molecule has 3 nitrogen and oxygen atoms in total. The average molecular weight is 283 g/mol. The monoisotopic (exact) mass is 282 g/mol. The van der Waals surface area contributed by atoms with Gasteiger partial charge in [0.2, 0.25) is 5.91 Å². The first kappa shape index (κ1) is 13.4. The number of halogens is 1. The van der Waals surface area contributed by atoms with E-state index >= 15 is 0 Å². The van der Waals surface area contributed by atoms with Crippen LogP contribution in [0, 0.1) is 6.92 Å². The second-order valence-electron chi connectivity index (χ2n) is 4.41. The molecule has 0 saturated carbocycles. The molecule has 5 heteroatoms. The molecule has 1 aliphatic heterocycles. The van der Waals surface area contributed by atoms with Crippen LogP contribution in [0.2, 0.25) is 5.02 Å². The van der Waals surface area contributed by atoms with Crippen LogP contribution in [0.15, 0.2) is 23.2 Å². The van der Waals surface area contributed by atoms with E-state index in [0.29, 0.717) is 10.8 Å². The van der Waals surface area contributed by atoms with Gasteiger partial charge in [-0.1, -0.05) is 29.4 Å². The van der Waals surface area contributed by atoms with Crippen LogP contribution in [0.5, 0.6) is 0 Å². The summed E-state index contributed by atoms with van der Waals surface area (Å²) in [6.45, 7) is 5.92. The molecule has 0 aromatic heterocycles. The lowest BCUT2D eigenvalue weighted by molar-refractivity contribution is -0.115. The molecule has 1 fully saturated rings.